The van der Waals surface area contributed by atoms with E-state index in [1.54, 1.807) is 19.3 Å². The zero-order valence-electron chi connectivity index (χ0n) is 9.93. The van der Waals surface area contributed by atoms with E-state index >= 15 is 0 Å². The quantitative estimate of drug-likeness (QED) is 0.640. The number of phenols is 2. The van der Waals surface area contributed by atoms with Crippen LogP contribution in [-0.2, 0) is 4.74 Å². The minimum atomic E-state index is -0.211. The molecule has 17 heavy (non-hydrogen) atoms. The highest BCUT2D eigenvalue weighted by Crippen LogP contribution is 2.40. The second kappa shape index (κ2) is 4.53. The maximum atomic E-state index is 9.81. The largest absolute Gasteiger partial charge is 0.504 e. The van der Waals surface area contributed by atoms with Gasteiger partial charge in [-0.15, -0.1) is 11.8 Å². The average molecular weight is 252 g/mol. The number of hydrogen-bond acceptors (Lipinski definition) is 4. The first-order valence-electron chi connectivity index (χ1n) is 5.49. The number of thioether (sulfide) groups is 1. The molecule has 1 aromatic rings. The average Bonchev–Trinajstić information content (AvgIpc) is 2.73. The summed E-state index contributed by atoms with van der Waals surface area (Å²) in [5.74, 6) is 0.658. The monoisotopic (exact) mass is 252 g/mol. The Morgan fingerprint density at radius 2 is 2.12 bits per heavy atom. The van der Waals surface area contributed by atoms with Crippen LogP contribution in [0.4, 0.5) is 0 Å². The van der Waals surface area contributed by atoms with Crippen LogP contribution in [0.25, 0.3) is 0 Å². The Kier molecular flexibility index (Phi) is 3.24. The molecule has 0 aliphatic carbocycles. The number of ether oxygens (including phenoxy) is 1. The summed E-state index contributed by atoms with van der Waals surface area (Å²) in [6, 6.07) is 3.62. The maximum absolute atomic E-state index is 9.81. The molecule has 0 aromatic heterocycles. The number of benzene rings is 1. The summed E-state index contributed by atoms with van der Waals surface area (Å²) in [5, 5.41) is 19.4. The lowest BCUT2D eigenvalue weighted by molar-refractivity contribution is 0.0877. The first kappa shape index (κ1) is 12.2. The molecule has 0 saturated heterocycles. The van der Waals surface area contributed by atoms with Gasteiger partial charge in [0.15, 0.2) is 11.5 Å². The van der Waals surface area contributed by atoms with Crippen molar-refractivity contribution in [3.8, 4) is 11.5 Å². The minimum Gasteiger partial charge on any atom is -0.504 e. The lowest BCUT2D eigenvalue weighted by Gasteiger charge is -2.23. The molecule has 0 saturated carbocycles. The van der Waals surface area contributed by atoms with Crippen molar-refractivity contribution < 1.29 is 14.9 Å². The molecule has 0 amide bonds. The van der Waals surface area contributed by atoms with E-state index in [4.69, 9.17) is 4.74 Å². The van der Waals surface area contributed by atoms with E-state index in [0.29, 0.717) is 10.5 Å². The van der Waals surface area contributed by atoms with Gasteiger partial charge in [0.25, 0.3) is 0 Å². The molecular formula is C13H16O3S. The van der Waals surface area contributed by atoms with Crippen LogP contribution in [0.15, 0.2) is 29.4 Å². The molecule has 1 aliphatic rings. The van der Waals surface area contributed by atoms with E-state index in [2.05, 4.69) is 0 Å². The fraction of sp³-hybridized carbons (Fsp3) is 0.385. The van der Waals surface area contributed by atoms with E-state index in [9.17, 15) is 10.2 Å². The predicted octanol–water partition coefficient (Wildman–Crippen LogP) is 3.19. The van der Waals surface area contributed by atoms with Crippen molar-refractivity contribution in [2.45, 2.75) is 30.8 Å². The Hall–Kier alpha value is -1.29. The van der Waals surface area contributed by atoms with Crippen molar-refractivity contribution in [1.29, 1.82) is 0 Å². The van der Waals surface area contributed by atoms with E-state index in [0.717, 1.165) is 12.2 Å². The van der Waals surface area contributed by atoms with Gasteiger partial charge >= 0.3 is 0 Å². The third kappa shape index (κ3) is 2.52. The summed E-state index contributed by atoms with van der Waals surface area (Å²) in [4.78, 5) is 0.685. The Bertz CT molecular complexity index is 446. The van der Waals surface area contributed by atoms with E-state index in [1.165, 1.54) is 11.8 Å². The Morgan fingerprint density at radius 3 is 2.76 bits per heavy atom. The predicted molar refractivity (Wildman–Crippen MR) is 68.5 cm³/mol. The van der Waals surface area contributed by atoms with Gasteiger partial charge in [-0.1, -0.05) is 6.07 Å². The summed E-state index contributed by atoms with van der Waals surface area (Å²) in [6.07, 6.45) is 4.58. The highest BCUT2D eigenvalue weighted by Gasteiger charge is 2.27. The maximum Gasteiger partial charge on any atom is 0.171 e. The SMILES string of the molecule is Cc1ccc(SCC2(C)CC=CO2)c(O)c1O. The fourth-order valence-electron chi connectivity index (χ4n) is 1.66. The second-order valence-corrected chi connectivity index (χ2v) is 5.53. The first-order valence-corrected chi connectivity index (χ1v) is 6.47. The Labute approximate surface area is 105 Å². The third-order valence-electron chi connectivity index (χ3n) is 2.85. The molecule has 0 spiro atoms. The van der Waals surface area contributed by atoms with Crippen molar-refractivity contribution >= 4 is 11.8 Å². The van der Waals surface area contributed by atoms with Gasteiger partial charge < -0.3 is 14.9 Å². The van der Waals surface area contributed by atoms with Crippen molar-refractivity contribution in [3.63, 3.8) is 0 Å². The number of aryl methyl sites for hydroxylation is 1. The van der Waals surface area contributed by atoms with Crippen LogP contribution in [0.5, 0.6) is 11.5 Å². The van der Waals surface area contributed by atoms with Crippen LogP contribution in [-0.4, -0.2) is 21.6 Å². The van der Waals surface area contributed by atoms with Gasteiger partial charge in [0, 0.05) is 12.2 Å². The van der Waals surface area contributed by atoms with Crippen molar-refractivity contribution in [1.82, 2.24) is 0 Å². The Balaban J connectivity index is 2.07. The van der Waals surface area contributed by atoms with Gasteiger partial charge in [-0.2, -0.15) is 0 Å². The van der Waals surface area contributed by atoms with Crippen LogP contribution < -0.4 is 0 Å². The summed E-state index contributed by atoms with van der Waals surface area (Å²) >= 11 is 1.49. The third-order valence-corrected chi connectivity index (χ3v) is 4.24. The molecule has 1 unspecified atom stereocenters. The van der Waals surface area contributed by atoms with Crippen LogP contribution in [0.3, 0.4) is 0 Å². The number of aromatic hydroxyl groups is 2. The molecule has 1 heterocycles. The van der Waals surface area contributed by atoms with Crippen molar-refractivity contribution in [2.24, 2.45) is 0 Å². The summed E-state index contributed by atoms with van der Waals surface area (Å²) in [6.45, 7) is 3.79. The smallest absolute Gasteiger partial charge is 0.171 e. The lowest BCUT2D eigenvalue weighted by Crippen LogP contribution is -2.25. The molecule has 0 bridgehead atoms. The normalized spacial score (nSPS) is 22.7. The van der Waals surface area contributed by atoms with Crippen molar-refractivity contribution in [2.75, 3.05) is 5.75 Å². The van der Waals surface area contributed by atoms with Gasteiger partial charge in [-0.25, -0.2) is 0 Å². The molecule has 4 heteroatoms. The highest BCUT2D eigenvalue weighted by molar-refractivity contribution is 7.99. The summed E-state index contributed by atoms with van der Waals surface area (Å²) in [7, 11) is 0. The van der Waals surface area contributed by atoms with Gasteiger partial charge in [0.1, 0.15) is 5.60 Å². The molecular weight excluding hydrogens is 236 g/mol. The summed E-state index contributed by atoms with van der Waals surface area (Å²) < 4.78 is 5.51. The molecule has 1 aromatic carbocycles. The van der Waals surface area contributed by atoms with Crippen LogP contribution in [0.2, 0.25) is 0 Å². The Morgan fingerprint density at radius 1 is 1.35 bits per heavy atom. The minimum absolute atomic E-state index is 0.0365. The van der Waals surface area contributed by atoms with Gasteiger partial charge in [-0.05, 0) is 31.6 Å². The molecule has 2 N–H and O–H groups in total. The fourth-order valence-corrected chi connectivity index (χ4v) is 2.70. The van der Waals surface area contributed by atoms with E-state index in [-0.39, 0.29) is 17.1 Å². The molecule has 1 aliphatic heterocycles. The van der Waals surface area contributed by atoms with E-state index < -0.39 is 0 Å². The molecule has 0 radical (unpaired) electrons. The van der Waals surface area contributed by atoms with Crippen LogP contribution in [0.1, 0.15) is 18.9 Å². The molecule has 1 atom stereocenters. The molecule has 0 fully saturated rings. The van der Waals surface area contributed by atoms with E-state index in [1.807, 2.05) is 19.1 Å². The number of rotatable bonds is 3. The lowest BCUT2D eigenvalue weighted by atomic mass is 10.1. The van der Waals surface area contributed by atoms with Gasteiger partial charge in [0.05, 0.1) is 11.2 Å². The first-order chi connectivity index (χ1) is 8.02. The molecule has 3 nitrogen and oxygen atoms in total. The zero-order chi connectivity index (χ0) is 12.5. The zero-order valence-corrected chi connectivity index (χ0v) is 10.8. The van der Waals surface area contributed by atoms with Crippen molar-refractivity contribution in [3.05, 3.63) is 30.0 Å². The van der Waals surface area contributed by atoms with Crippen LogP contribution >= 0.6 is 11.8 Å². The number of hydrogen-bond donors (Lipinski definition) is 2. The molecule has 92 valence electrons. The topological polar surface area (TPSA) is 49.7 Å². The van der Waals surface area contributed by atoms with Crippen LogP contribution in [0, 0.1) is 6.92 Å². The standard InChI is InChI=1S/C13H16O3S/c1-9-4-5-10(12(15)11(9)14)17-8-13(2)6-3-7-16-13/h3-5,7,14-15H,6,8H2,1-2H3. The van der Waals surface area contributed by atoms with Gasteiger partial charge in [-0.3, -0.25) is 0 Å². The van der Waals surface area contributed by atoms with Gasteiger partial charge in [0.2, 0.25) is 0 Å². The molecule has 2 rings (SSSR count). The highest BCUT2D eigenvalue weighted by atomic mass is 32.2. The number of phenolic OH excluding ortho intramolecular Hbond substituents is 2. The summed E-state index contributed by atoms with van der Waals surface area (Å²) in [5.41, 5.74) is 0.467. The second-order valence-electron chi connectivity index (χ2n) is 4.51.